The smallest absolute Gasteiger partial charge is 0.255 e. The van der Waals surface area contributed by atoms with E-state index in [1.165, 1.54) is 0 Å². The Kier molecular flexibility index (Phi) is 7.03. The molecule has 0 spiro atoms. The SMILES string of the molecule is CC1=CC(C)=NC(=O)C1CN1CCc2c(Cl)cc(C(CO)N3CCOCC3)c(Cl)c2C1=O. The van der Waals surface area contributed by atoms with Crippen LogP contribution in [-0.4, -0.2) is 78.4 Å². The van der Waals surface area contributed by atoms with Crippen molar-refractivity contribution in [1.82, 2.24) is 9.80 Å². The lowest BCUT2D eigenvalue weighted by Crippen LogP contribution is -2.44. The van der Waals surface area contributed by atoms with Gasteiger partial charge in [-0.15, -0.1) is 0 Å². The molecule has 0 radical (unpaired) electrons. The minimum absolute atomic E-state index is 0.148. The number of hydrogen-bond acceptors (Lipinski definition) is 5. The van der Waals surface area contributed by atoms with Gasteiger partial charge >= 0.3 is 0 Å². The van der Waals surface area contributed by atoms with E-state index in [9.17, 15) is 14.7 Å². The molecule has 0 bridgehead atoms. The summed E-state index contributed by atoms with van der Waals surface area (Å²) < 4.78 is 5.42. The Morgan fingerprint density at radius 1 is 1.22 bits per heavy atom. The number of dihydropyridines is 1. The van der Waals surface area contributed by atoms with Crippen molar-refractivity contribution < 1.29 is 19.4 Å². The number of hydrogen-bond donors (Lipinski definition) is 1. The van der Waals surface area contributed by atoms with Gasteiger partial charge in [-0.3, -0.25) is 14.5 Å². The summed E-state index contributed by atoms with van der Waals surface area (Å²) in [5.41, 5.74) is 3.30. The average Bonchev–Trinajstić information content (AvgIpc) is 2.76. The van der Waals surface area contributed by atoms with Gasteiger partial charge in [0.15, 0.2) is 0 Å². The molecule has 9 heteroatoms. The molecular weight excluding hydrogens is 453 g/mol. The minimum atomic E-state index is -0.458. The zero-order valence-corrected chi connectivity index (χ0v) is 19.7. The number of halogens is 2. The average molecular weight is 480 g/mol. The molecule has 1 aromatic carbocycles. The number of allylic oxidation sites excluding steroid dienone is 1. The van der Waals surface area contributed by atoms with Gasteiger partial charge in [0.05, 0.1) is 42.4 Å². The monoisotopic (exact) mass is 479 g/mol. The van der Waals surface area contributed by atoms with Crippen LogP contribution >= 0.6 is 23.2 Å². The highest BCUT2D eigenvalue weighted by Crippen LogP contribution is 2.39. The maximum atomic E-state index is 13.5. The molecule has 32 heavy (non-hydrogen) atoms. The van der Waals surface area contributed by atoms with Crippen LogP contribution in [0.15, 0.2) is 22.7 Å². The van der Waals surface area contributed by atoms with Crippen LogP contribution in [0.2, 0.25) is 10.0 Å². The molecule has 2 amide bonds. The van der Waals surface area contributed by atoms with Crippen molar-refractivity contribution in [2.75, 3.05) is 46.0 Å². The van der Waals surface area contributed by atoms with Crippen molar-refractivity contribution in [2.24, 2.45) is 10.9 Å². The van der Waals surface area contributed by atoms with Gasteiger partial charge in [0.2, 0.25) is 0 Å². The van der Waals surface area contributed by atoms with Crippen LogP contribution in [0.1, 0.15) is 41.4 Å². The summed E-state index contributed by atoms with van der Waals surface area (Å²) in [6, 6.07) is 1.40. The van der Waals surface area contributed by atoms with E-state index in [1.54, 1.807) is 17.9 Å². The number of rotatable bonds is 5. The summed E-state index contributed by atoms with van der Waals surface area (Å²) in [5, 5.41) is 10.9. The number of benzene rings is 1. The molecule has 4 rings (SSSR count). The fraction of sp³-hybridized carbons (Fsp3) is 0.522. The highest BCUT2D eigenvalue weighted by Gasteiger charge is 2.35. The molecule has 2 unspecified atom stereocenters. The number of nitrogens with zero attached hydrogens (tertiary/aromatic N) is 3. The van der Waals surface area contributed by atoms with Crippen molar-refractivity contribution in [2.45, 2.75) is 26.3 Å². The third-order valence-corrected chi connectivity index (χ3v) is 7.21. The standard InChI is InChI=1S/C23H27Cl2N3O4/c1-13-9-14(2)26-22(30)17(13)11-28-4-3-15-18(24)10-16(21(25)20(15)23(28)31)19(12-29)27-5-7-32-8-6-27/h9-10,17,19,29H,3-8,11-12H2,1-2H3. The maximum Gasteiger partial charge on any atom is 0.255 e. The normalized spacial score (nSPS) is 23.0. The second-order valence-corrected chi connectivity index (χ2v) is 9.28. The number of ether oxygens (including phenoxy) is 1. The number of fused-ring (bicyclic) bond motifs is 1. The Bertz CT molecular complexity index is 1000. The predicted molar refractivity (Wildman–Crippen MR) is 124 cm³/mol. The Labute approximate surface area is 197 Å². The van der Waals surface area contributed by atoms with Crippen LogP contribution in [0, 0.1) is 5.92 Å². The van der Waals surface area contributed by atoms with Crippen LogP contribution in [-0.2, 0) is 16.0 Å². The van der Waals surface area contributed by atoms with E-state index in [0.29, 0.717) is 66.2 Å². The van der Waals surface area contributed by atoms with Gasteiger partial charge in [0, 0.05) is 36.9 Å². The van der Waals surface area contributed by atoms with Gasteiger partial charge < -0.3 is 14.7 Å². The molecule has 172 valence electrons. The summed E-state index contributed by atoms with van der Waals surface area (Å²) in [6.45, 7) is 6.69. The number of carbonyl (C=O) groups is 2. The van der Waals surface area contributed by atoms with Gasteiger partial charge in [0.25, 0.3) is 11.8 Å². The zero-order valence-electron chi connectivity index (χ0n) is 18.2. The topological polar surface area (TPSA) is 82.4 Å². The quantitative estimate of drug-likeness (QED) is 0.701. The van der Waals surface area contributed by atoms with Crippen molar-refractivity contribution >= 4 is 40.7 Å². The van der Waals surface area contributed by atoms with E-state index >= 15 is 0 Å². The lowest BCUT2D eigenvalue weighted by Gasteiger charge is -2.36. The van der Waals surface area contributed by atoms with E-state index in [0.717, 1.165) is 11.1 Å². The molecule has 1 N–H and O–H groups in total. The molecule has 1 aromatic rings. The van der Waals surface area contributed by atoms with Crippen LogP contribution in [0.25, 0.3) is 0 Å². The van der Waals surface area contributed by atoms with Gasteiger partial charge in [0.1, 0.15) is 0 Å². The molecule has 3 heterocycles. The first-order valence-corrected chi connectivity index (χ1v) is 11.6. The first-order valence-electron chi connectivity index (χ1n) is 10.8. The van der Waals surface area contributed by atoms with Crippen LogP contribution < -0.4 is 0 Å². The first kappa shape index (κ1) is 23.4. The zero-order chi connectivity index (χ0) is 23.0. The van der Waals surface area contributed by atoms with Gasteiger partial charge in [-0.2, -0.15) is 0 Å². The van der Waals surface area contributed by atoms with Crippen LogP contribution in [0.3, 0.4) is 0 Å². The third-order valence-electron chi connectivity index (χ3n) is 6.47. The second kappa shape index (κ2) is 9.61. The van der Waals surface area contributed by atoms with Crippen molar-refractivity contribution in [3.8, 4) is 0 Å². The lowest BCUT2D eigenvalue weighted by molar-refractivity contribution is -0.120. The fourth-order valence-corrected chi connectivity index (χ4v) is 5.41. The van der Waals surface area contributed by atoms with Crippen LogP contribution in [0.4, 0.5) is 0 Å². The van der Waals surface area contributed by atoms with Crippen molar-refractivity contribution in [3.05, 3.63) is 44.5 Å². The number of morpholine rings is 1. The van der Waals surface area contributed by atoms with Crippen molar-refractivity contribution in [1.29, 1.82) is 0 Å². The molecule has 0 saturated carbocycles. The van der Waals surface area contributed by atoms with Gasteiger partial charge in [-0.1, -0.05) is 28.8 Å². The van der Waals surface area contributed by atoms with E-state index in [2.05, 4.69) is 9.89 Å². The van der Waals surface area contributed by atoms with E-state index in [-0.39, 0.29) is 31.0 Å². The molecule has 0 aromatic heterocycles. The summed E-state index contributed by atoms with van der Waals surface area (Å²) >= 11 is 13.4. The Balaban J connectivity index is 1.65. The van der Waals surface area contributed by atoms with E-state index in [4.69, 9.17) is 27.9 Å². The largest absolute Gasteiger partial charge is 0.394 e. The van der Waals surface area contributed by atoms with Gasteiger partial charge in [-0.05, 0) is 43.5 Å². The predicted octanol–water partition coefficient (Wildman–Crippen LogP) is 2.92. The molecule has 2 atom stereocenters. The number of aliphatic imine (C=N–C) groups is 1. The number of aliphatic hydroxyl groups is 1. The molecule has 3 aliphatic rings. The molecule has 7 nitrogen and oxygen atoms in total. The third kappa shape index (κ3) is 4.37. The Hall–Kier alpha value is -1.77. The highest BCUT2D eigenvalue weighted by atomic mass is 35.5. The molecule has 0 aliphatic carbocycles. The molecule has 1 fully saturated rings. The Morgan fingerprint density at radius 3 is 2.59 bits per heavy atom. The second-order valence-electron chi connectivity index (χ2n) is 8.50. The number of aliphatic hydroxyl groups excluding tert-OH is 1. The minimum Gasteiger partial charge on any atom is -0.394 e. The number of amides is 2. The van der Waals surface area contributed by atoms with Crippen LogP contribution in [0.5, 0.6) is 0 Å². The maximum absolute atomic E-state index is 13.5. The molecule has 3 aliphatic heterocycles. The lowest BCUT2D eigenvalue weighted by atomic mass is 9.91. The Morgan fingerprint density at radius 2 is 1.94 bits per heavy atom. The summed E-state index contributed by atoms with van der Waals surface area (Å²) in [4.78, 5) is 33.8. The van der Waals surface area contributed by atoms with Crippen molar-refractivity contribution in [3.63, 3.8) is 0 Å². The number of carbonyl (C=O) groups excluding carboxylic acids is 2. The van der Waals surface area contributed by atoms with E-state index < -0.39 is 5.92 Å². The summed E-state index contributed by atoms with van der Waals surface area (Å²) in [5.74, 6) is -0.933. The first-order chi connectivity index (χ1) is 15.3. The molecular formula is C23H27Cl2N3O4. The fourth-order valence-electron chi connectivity index (χ4n) is 4.72. The summed E-state index contributed by atoms with van der Waals surface area (Å²) in [7, 11) is 0. The van der Waals surface area contributed by atoms with E-state index in [1.807, 2.05) is 13.0 Å². The van der Waals surface area contributed by atoms with Gasteiger partial charge in [-0.25, -0.2) is 4.99 Å². The molecule has 1 saturated heterocycles. The highest BCUT2D eigenvalue weighted by molar-refractivity contribution is 6.37. The summed E-state index contributed by atoms with van der Waals surface area (Å²) in [6.07, 6.45) is 2.43.